The van der Waals surface area contributed by atoms with E-state index in [1.165, 1.54) is 30.2 Å². The lowest BCUT2D eigenvalue weighted by molar-refractivity contribution is 0.0948. The van der Waals surface area contributed by atoms with Crippen LogP contribution >= 0.6 is 11.3 Å². The summed E-state index contributed by atoms with van der Waals surface area (Å²) in [5, 5.41) is 2.78. The van der Waals surface area contributed by atoms with Gasteiger partial charge in [-0.2, -0.15) is 0 Å². The van der Waals surface area contributed by atoms with Crippen LogP contribution in [-0.2, 0) is 13.0 Å². The number of benzene rings is 1. The van der Waals surface area contributed by atoms with Crippen molar-refractivity contribution in [3.05, 3.63) is 51.5 Å². The van der Waals surface area contributed by atoms with Crippen molar-refractivity contribution in [1.29, 1.82) is 0 Å². The van der Waals surface area contributed by atoms with Crippen molar-refractivity contribution in [3.8, 4) is 5.75 Å². The minimum atomic E-state index is -0.458. The van der Waals surface area contributed by atoms with Crippen molar-refractivity contribution < 1.29 is 13.9 Å². The Balaban J connectivity index is 2.06. The number of aryl methyl sites for hydroxylation is 1. The summed E-state index contributed by atoms with van der Waals surface area (Å²) in [5.74, 6) is -0.433. The van der Waals surface area contributed by atoms with E-state index in [1.54, 1.807) is 11.3 Å². The molecule has 0 saturated heterocycles. The summed E-state index contributed by atoms with van der Waals surface area (Å²) < 4.78 is 18.3. The van der Waals surface area contributed by atoms with Gasteiger partial charge < -0.3 is 10.1 Å². The number of halogens is 1. The molecule has 0 aliphatic carbocycles. The second-order valence-electron chi connectivity index (χ2n) is 4.25. The summed E-state index contributed by atoms with van der Waals surface area (Å²) in [6, 6.07) is 7.94. The average molecular weight is 293 g/mol. The summed E-state index contributed by atoms with van der Waals surface area (Å²) in [4.78, 5) is 14.4. The van der Waals surface area contributed by atoms with Crippen LogP contribution in [0, 0.1) is 5.82 Å². The highest BCUT2D eigenvalue weighted by Crippen LogP contribution is 2.20. The van der Waals surface area contributed by atoms with Crippen molar-refractivity contribution in [1.82, 2.24) is 5.32 Å². The highest BCUT2D eigenvalue weighted by Gasteiger charge is 2.13. The lowest BCUT2D eigenvalue weighted by Crippen LogP contribution is -2.23. The predicted molar refractivity (Wildman–Crippen MR) is 77.8 cm³/mol. The lowest BCUT2D eigenvalue weighted by Gasteiger charge is -2.08. The van der Waals surface area contributed by atoms with Crippen LogP contribution in [0.2, 0.25) is 0 Å². The Morgan fingerprint density at radius 1 is 1.30 bits per heavy atom. The van der Waals surface area contributed by atoms with Crippen molar-refractivity contribution in [2.24, 2.45) is 0 Å². The molecule has 5 heteroatoms. The minimum absolute atomic E-state index is 0.208. The van der Waals surface area contributed by atoms with E-state index < -0.39 is 5.82 Å². The molecule has 0 unspecified atom stereocenters. The number of methoxy groups -OCH3 is 1. The first-order valence-electron chi connectivity index (χ1n) is 6.33. The molecule has 3 nitrogen and oxygen atoms in total. The standard InChI is InChI=1S/C15H16FNO2S/c1-3-11-5-6-12(20-11)9-17-15(18)13-8-10(16)4-7-14(13)19-2/h4-8H,3,9H2,1-2H3,(H,17,18). The maximum absolute atomic E-state index is 13.2. The van der Waals surface area contributed by atoms with Gasteiger partial charge in [0.2, 0.25) is 0 Å². The van der Waals surface area contributed by atoms with E-state index in [1.807, 2.05) is 6.07 Å². The topological polar surface area (TPSA) is 38.3 Å². The first-order chi connectivity index (χ1) is 9.63. The molecular formula is C15H16FNO2S. The van der Waals surface area contributed by atoms with E-state index in [-0.39, 0.29) is 11.5 Å². The molecule has 1 N–H and O–H groups in total. The minimum Gasteiger partial charge on any atom is -0.496 e. The number of amides is 1. The normalized spacial score (nSPS) is 10.3. The molecule has 2 rings (SSSR count). The molecule has 1 amide bonds. The lowest BCUT2D eigenvalue weighted by atomic mass is 10.2. The van der Waals surface area contributed by atoms with Crippen LogP contribution in [0.25, 0.3) is 0 Å². The zero-order valence-electron chi connectivity index (χ0n) is 11.4. The number of thiophene rings is 1. The maximum Gasteiger partial charge on any atom is 0.255 e. The van der Waals surface area contributed by atoms with Gasteiger partial charge in [-0.05, 0) is 36.8 Å². The second-order valence-corrected chi connectivity index (χ2v) is 5.50. The number of ether oxygens (including phenoxy) is 1. The van der Waals surface area contributed by atoms with Crippen LogP contribution in [0.4, 0.5) is 4.39 Å². The molecule has 0 atom stereocenters. The Morgan fingerprint density at radius 2 is 2.05 bits per heavy atom. The highest BCUT2D eigenvalue weighted by atomic mass is 32.1. The van der Waals surface area contributed by atoms with Crippen LogP contribution in [0.3, 0.4) is 0 Å². The summed E-state index contributed by atoms with van der Waals surface area (Å²) >= 11 is 1.66. The molecule has 0 bridgehead atoms. The Morgan fingerprint density at radius 3 is 2.70 bits per heavy atom. The van der Waals surface area contributed by atoms with E-state index in [9.17, 15) is 9.18 Å². The van der Waals surface area contributed by atoms with Crippen LogP contribution in [0.5, 0.6) is 5.75 Å². The number of carbonyl (C=O) groups excluding carboxylic acids is 1. The first-order valence-corrected chi connectivity index (χ1v) is 7.15. The summed E-state index contributed by atoms with van der Waals surface area (Å²) in [6.45, 7) is 2.52. The van der Waals surface area contributed by atoms with Crippen molar-refractivity contribution >= 4 is 17.2 Å². The van der Waals surface area contributed by atoms with Crippen LogP contribution in [-0.4, -0.2) is 13.0 Å². The van der Waals surface area contributed by atoms with Crippen LogP contribution in [0.15, 0.2) is 30.3 Å². The molecule has 2 aromatic rings. The van der Waals surface area contributed by atoms with E-state index in [4.69, 9.17) is 4.74 Å². The zero-order valence-corrected chi connectivity index (χ0v) is 12.2. The molecule has 20 heavy (non-hydrogen) atoms. The monoisotopic (exact) mass is 293 g/mol. The van der Waals surface area contributed by atoms with Crippen molar-refractivity contribution in [2.75, 3.05) is 7.11 Å². The molecule has 0 radical (unpaired) electrons. The third-order valence-corrected chi connectivity index (χ3v) is 4.12. The van der Waals surface area contributed by atoms with E-state index in [2.05, 4.69) is 18.3 Å². The fraction of sp³-hybridized carbons (Fsp3) is 0.267. The van der Waals surface area contributed by atoms with Gasteiger partial charge in [0.05, 0.1) is 19.2 Å². The Bertz CT molecular complexity index is 610. The van der Waals surface area contributed by atoms with Gasteiger partial charge in [-0.3, -0.25) is 4.79 Å². The largest absolute Gasteiger partial charge is 0.496 e. The van der Waals surface area contributed by atoms with Gasteiger partial charge in [-0.1, -0.05) is 6.92 Å². The molecule has 0 spiro atoms. The quantitative estimate of drug-likeness (QED) is 0.917. The van der Waals surface area contributed by atoms with Crippen molar-refractivity contribution in [2.45, 2.75) is 19.9 Å². The number of hydrogen-bond acceptors (Lipinski definition) is 3. The summed E-state index contributed by atoms with van der Waals surface area (Å²) in [5.41, 5.74) is 0.208. The Kier molecular flexibility index (Phi) is 4.74. The Hall–Kier alpha value is -1.88. The number of nitrogens with one attached hydrogen (secondary N) is 1. The third-order valence-electron chi connectivity index (χ3n) is 2.90. The van der Waals surface area contributed by atoms with Crippen LogP contribution < -0.4 is 10.1 Å². The average Bonchev–Trinajstić information content (AvgIpc) is 2.92. The molecule has 106 valence electrons. The smallest absolute Gasteiger partial charge is 0.255 e. The van der Waals surface area contributed by atoms with Gasteiger partial charge in [0.15, 0.2) is 0 Å². The molecule has 1 aromatic carbocycles. The van der Waals surface area contributed by atoms with E-state index in [0.717, 1.165) is 11.3 Å². The summed E-state index contributed by atoms with van der Waals surface area (Å²) in [6.07, 6.45) is 0.982. The molecule has 1 heterocycles. The molecule has 0 fully saturated rings. The number of rotatable bonds is 5. The SMILES string of the molecule is CCc1ccc(CNC(=O)c2cc(F)ccc2OC)s1. The van der Waals surface area contributed by atoms with E-state index in [0.29, 0.717) is 12.3 Å². The fourth-order valence-corrected chi connectivity index (χ4v) is 2.73. The van der Waals surface area contributed by atoms with E-state index >= 15 is 0 Å². The zero-order chi connectivity index (χ0) is 14.5. The molecule has 1 aromatic heterocycles. The molecule has 0 aliphatic heterocycles. The maximum atomic E-state index is 13.2. The molecule has 0 aliphatic rings. The number of carbonyl (C=O) groups is 1. The van der Waals surface area contributed by atoms with Crippen molar-refractivity contribution in [3.63, 3.8) is 0 Å². The second kappa shape index (κ2) is 6.52. The Labute approximate surface area is 121 Å². The summed E-state index contributed by atoms with van der Waals surface area (Å²) in [7, 11) is 1.46. The number of hydrogen-bond donors (Lipinski definition) is 1. The highest BCUT2D eigenvalue weighted by molar-refractivity contribution is 7.11. The third kappa shape index (κ3) is 3.36. The first kappa shape index (κ1) is 14.5. The van der Waals surface area contributed by atoms with Gasteiger partial charge in [0, 0.05) is 9.75 Å². The van der Waals surface area contributed by atoms with Gasteiger partial charge in [0.1, 0.15) is 11.6 Å². The van der Waals surface area contributed by atoms with Gasteiger partial charge >= 0.3 is 0 Å². The van der Waals surface area contributed by atoms with Gasteiger partial charge in [-0.25, -0.2) is 4.39 Å². The predicted octanol–water partition coefficient (Wildman–Crippen LogP) is 3.39. The molecular weight excluding hydrogens is 277 g/mol. The molecule has 0 saturated carbocycles. The van der Waals surface area contributed by atoms with Gasteiger partial charge in [0.25, 0.3) is 5.91 Å². The van der Waals surface area contributed by atoms with Gasteiger partial charge in [-0.15, -0.1) is 11.3 Å². The van der Waals surface area contributed by atoms with Crippen LogP contribution in [0.1, 0.15) is 27.0 Å². The fourth-order valence-electron chi connectivity index (χ4n) is 1.83.